The van der Waals surface area contributed by atoms with Gasteiger partial charge in [0.05, 0.1) is 0 Å². The first-order valence-electron chi connectivity index (χ1n) is 4.37. The van der Waals surface area contributed by atoms with Gasteiger partial charge >= 0.3 is 0 Å². The standard InChI is InChI=1S/C11H12O/c1-8-6-9(7-12)11-5-3-2-4-10(8)11/h2-5,7-9H,6H2,1H3. The van der Waals surface area contributed by atoms with E-state index in [2.05, 4.69) is 19.1 Å². The molecule has 0 saturated carbocycles. The zero-order chi connectivity index (χ0) is 8.55. The van der Waals surface area contributed by atoms with Crippen molar-refractivity contribution in [2.75, 3.05) is 0 Å². The molecular weight excluding hydrogens is 148 g/mol. The smallest absolute Gasteiger partial charge is 0.127 e. The second kappa shape index (κ2) is 2.74. The fourth-order valence-corrected chi connectivity index (χ4v) is 2.06. The average Bonchev–Trinajstić information content (AvgIpc) is 2.44. The molecule has 0 fully saturated rings. The van der Waals surface area contributed by atoms with Crippen molar-refractivity contribution >= 4 is 6.29 Å². The molecule has 1 heteroatoms. The van der Waals surface area contributed by atoms with Gasteiger partial charge in [-0.1, -0.05) is 31.2 Å². The number of hydrogen-bond donors (Lipinski definition) is 0. The van der Waals surface area contributed by atoms with Gasteiger partial charge in [-0.05, 0) is 23.5 Å². The molecule has 0 saturated heterocycles. The minimum Gasteiger partial charge on any atom is -0.303 e. The van der Waals surface area contributed by atoms with E-state index in [4.69, 9.17) is 0 Å². The Bertz CT molecular complexity index is 304. The molecule has 1 aliphatic rings. The Morgan fingerprint density at radius 2 is 2.00 bits per heavy atom. The number of fused-ring (bicyclic) bond motifs is 1. The summed E-state index contributed by atoms with van der Waals surface area (Å²) in [6.45, 7) is 2.18. The second-order valence-corrected chi connectivity index (χ2v) is 3.51. The van der Waals surface area contributed by atoms with Crippen LogP contribution in [0.2, 0.25) is 0 Å². The first-order chi connectivity index (χ1) is 5.83. The van der Waals surface area contributed by atoms with Crippen molar-refractivity contribution in [3.05, 3.63) is 35.4 Å². The Morgan fingerprint density at radius 3 is 2.67 bits per heavy atom. The monoisotopic (exact) mass is 160 g/mol. The summed E-state index contributed by atoms with van der Waals surface area (Å²) in [5, 5.41) is 0. The van der Waals surface area contributed by atoms with Gasteiger partial charge in [-0.15, -0.1) is 0 Å². The van der Waals surface area contributed by atoms with Crippen molar-refractivity contribution in [1.82, 2.24) is 0 Å². The summed E-state index contributed by atoms with van der Waals surface area (Å²) in [6, 6.07) is 8.25. The summed E-state index contributed by atoms with van der Waals surface area (Å²) in [5.74, 6) is 0.701. The van der Waals surface area contributed by atoms with Crippen molar-refractivity contribution in [3.63, 3.8) is 0 Å². The summed E-state index contributed by atoms with van der Waals surface area (Å²) in [4.78, 5) is 10.7. The Hall–Kier alpha value is -1.11. The highest BCUT2D eigenvalue weighted by atomic mass is 16.1. The van der Waals surface area contributed by atoms with Crippen LogP contribution in [0.4, 0.5) is 0 Å². The third-order valence-electron chi connectivity index (χ3n) is 2.70. The number of benzene rings is 1. The molecule has 0 aliphatic heterocycles. The maximum Gasteiger partial charge on any atom is 0.127 e. The van der Waals surface area contributed by atoms with Crippen molar-refractivity contribution in [3.8, 4) is 0 Å². The molecule has 12 heavy (non-hydrogen) atoms. The zero-order valence-electron chi connectivity index (χ0n) is 7.16. The quantitative estimate of drug-likeness (QED) is 0.577. The lowest BCUT2D eigenvalue weighted by Crippen LogP contribution is -1.92. The topological polar surface area (TPSA) is 17.1 Å². The van der Waals surface area contributed by atoms with E-state index in [9.17, 15) is 4.79 Å². The molecule has 1 nitrogen and oxygen atoms in total. The molecule has 62 valence electrons. The molecular formula is C11H12O. The van der Waals surface area contributed by atoms with E-state index in [0.29, 0.717) is 5.92 Å². The second-order valence-electron chi connectivity index (χ2n) is 3.51. The zero-order valence-corrected chi connectivity index (χ0v) is 7.16. The molecule has 0 N–H and O–H groups in total. The summed E-state index contributed by atoms with van der Waals surface area (Å²) in [5.41, 5.74) is 2.59. The van der Waals surface area contributed by atoms with Gasteiger partial charge in [0.25, 0.3) is 0 Å². The molecule has 0 bridgehead atoms. The first-order valence-corrected chi connectivity index (χ1v) is 4.37. The molecule has 0 spiro atoms. The van der Waals surface area contributed by atoms with Gasteiger partial charge < -0.3 is 4.79 Å². The Labute approximate surface area is 72.4 Å². The number of rotatable bonds is 1. The van der Waals surface area contributed by atoms with Gasteiger partial charge in [-0.2, -0.15) is 0 Å². The van der Waals surface area contributed by atoms with Gasteiger partial charge in [-0.25, -0.2) is 0 Å². The van der Waals surface area contributed by atoms with Crippen LogP contribution in [0.5, 0.6) is 0 Å². The van der Waals surface area contributed by atoms with Crippen molar-refractivity contribution < 1.29 is 4.79 Å². The van der Waals surface area contributed by atoms with Crippen molar-refractivity contribution in [2.24, 2.45) is 0 Å². The SMILES string of the molecule is CC1CC(C=O)c2ccccc21. The first kappa shape index (κ1) is 7.53. The third-order valence-corrected chi connectivity index (χ3v) is 2.70. The normalized spacial score (nSPS) is 26.8. The summed E-state index contributed by atoms with van der Waals surface area (Å²) in [7, 11) is 0. The van der Waals surface area contributed by atoms with E-state index in [1.807, 2.05) is 12.1 Å². The third kappa shape index (κ3) is 0.970. The predicted octanol–water partition coefficient (Wildman–Crippen LogP) is 2.48. The maximum absolute atomic E-state index is 10.7. The highest BCUT2D eigenvalue weighted by molar-refractivity contribution is 5.65. The minimum absolute atomic E-state index is 0.149. The fraction of sp³-hybridized carbons (Fsp3) is 0.364. The molecule has 0 aromatic heterocycles. The highest BCUT2D eigenvalue weighted by Gasteiger charge is 2.26. The van der Waals surface area contributed by atoms with Crippen LogP contribution in [-0.4, -0.2) is 6.29 Å². The Morgan fingerprint density at radius 1 is 1.33 bits per heavy atom. The molecule has 1 aromatic rings. The Balaban J connectivity index is 2.49. The molecule has 2 rings (SSSR count). The molecule has 2 unspecified atom stereocenters. The van der Waals surface area contributed by atoms with E-state index in [1.54, 1.807) is 0 Å². The Kier molecular flexibility index (Phi) is 1.72. The van der Waals surface area contributed by atoms with Crippen LogP contribution in [-0.2, 0) is 4.79 Å². The summed E-state index contributed by atoms with van der Waals surface area (Å²) >= 11 is 0. The van der Waals surface area contributed by atoms with E-state index < -0.39 is 0 Å². The van der Waals surface area contributed by atoms with Gasteiger partial charge in [0, 0.05) is 5.92 Å². The molecule has 1 aromatic carbocycles. The number of carbonyl (C=O) groups excluding carboxylic acids is 1. The van der Waals surface area contributed by atoms with Gasteiger partial charge in [-0.3, -0.25) is 0 Å². The average molecular weight is 160 g/mol. The van der Waals surface area contributed by atoms with Crippen LogP contribution in [0.3, 0.4) is 0 Å². The van der Waals surface area contributed by atoms with Crippen LogP contribution >= 0.6 is 0 Å². The lowest BCUT2D eigenvalue weighted by molar-refractivity contribution is -0.109. The molecule has 0 heterocycles. The van der Waals surface area contributed by atoms with E-state index in [-0.39, 0.29) is 5.92 Å². The number of aldehydes is 1. The lowest BCUT2D eigenvalue weighted by atomic mass is 10.0. The lowest BCUT2D eigenvalue weighted by Gasteiger charge is -2.01. The van der Waals surface area contributed by atoms with Gasteiger partial charge in [0.2, 0.25) is 0 Å². The van der Waals surface area contributed by atoms with Crippen molar-refractivity contribution in [2.45, 2.75) is 25.2 Å². The number of carbonyl (C=O) groups is 1. The van der Waals surface area contributed by atoms with E-state index >= 15 is 0 Å². The minimum atomic E-state index is 0.149. The molecule has 0 amide bonds. The van der Waals surface area contributed by atoms with E-state index in [1.165, 1.54) is 11.1 Å². The maximum atomic E-state index is 10.7. The highest BCUT2D eigenvalue weighted by Crippen LogP contribution is 2.39. The van der Waals surface area contributed by atoms with Gasteiger partial charge in [0.15, 0.2) is 0 Å². The van der Waals surface area contributed by atoms with Crippen molar-refractivity contribution in [1.29, 1.82) is 0 Å². The summed E-state index contributed by atoms with van der Waals surface area (Å²) in [6.07, 6.45) is 2.06. The summed E-state index contributed by atoms with van der Waals surface area (Å²) < 4.78 is 0. The van der Waals surface area contributed by atoms with Crippen LogP contribution in [0, 0.1) is 0 Å². The van der Waals surface area contributed by atoms with E-state index in [0.717, 1.165) is 12.7 Å². The number of hydrogen-bond acceptors (Lipinski definition) is 1. The van der Waals surface area contributed by atoms with Crippen LogP contribution in [0.1, 0.15) is 36.3 Å². The van der Waals surface area contributed by atoms with Crippen LogP contribution in [0.15, 0.2) is 24.3 Å². The molecule has 0 radical (unpaired) electrons. The predicted molar refractivity (Wildman–Crippen MR) is 48.3 cm³/mol. The molecule has 1 aliphatic carbocycles. The van der Waals surface area contributed by atoms with Gasteiger partial charge in [0.1, 0.15) is 6.29 Å². The van der Waals surface area contributed by atoms with Crippen LogP contribution in [0.25, 0.3) is 0 Å². The molecule has 2 atom stereocenters. The fourth-order valence-electron chi connectivity index (χ4n) is 2.06. The largest absolute Gasteiger partial charge is 0.303 e. The van der Waals surface area contributed by atoms with Crippen LogP contribution < -0.4 is 0 Å².